The summed E-state index contributed by atoms with van der Waals surface area (Å²) >= 11 is 0. The molecular formula is C19H17NO3. The number of para-hydroxylation sites is 1. The number of carboxylic acids is 1. The van der Waals surface area contributed by atoms with E-state index in [4.69, 9.17) is 14.8 Å². The van der Waals surface area contributed by atoms with Gasteiger partial charge in [0.05, 0.1) is 18.3 Å². The smallest absolute Gasteiger partial charge is 0.303 e. The second kappa shape index (κ2) is 6.48. The van der Waals surface area contributed by atoms with Crippen LogP contribution in [0.15, 0.2) is 54.6 Å². The zero-order chi connectivity index (χ0) is 16.2. The number of ether oxygens (including phenoxy) is 1. The number of carbonyl (C=O) groups is 1. The summed E-state index contributed by atoms with van der Waals surface area (Å²) in [5.74, 6) is -0.0293. The number of hydrogen-bond donors (Lipinski definition) is 1. The lowest BCUT2D eigenvalue weighted by molar-refractivity contribution is -0.136. The molecule has 0 aliphatic rings. The lowest BCUT2D eigenvalue weighted by Crippen LogP contribution is -1.99. The van der Waals surface area contributed by atoms with Crippen molar-refractivity contribution in [3.05, 3.63) is 60.2 Å². The van der Waals surface area contributed by atoms with Gasteiger partial charge in [-0.2, -0.15) is 0 Å². The second-order valence-corrected chi connectivity index (χ2v) is 5.31. The second-order valence-electron chi connectivity index (χ2n) is 5.31. The van der Waals surface area contributed by atoms with Crippen LogP contribution in [0.5, 0.6) is 5.75 Å². The Bertz CT molecular complexity index is 858. The predicted molar refractivity (Wildman–Crippen MR) is 89.7 cm³/mol. The van der Waals surface area contributed by atoms with Crippen LogP contribution in [0, 0.1) is 0 Å². The van der Waals surface area contributed by atoms with Crippen molar-refractivity contribution in [3.63, 3.8) is 0 Å². The summed E-state index contributed by atoms with van der Waals surface area (Å²) in [6.07, 6.45) is 0.584. The van der Waals surface area contributed by atoms with Gasteiger partial charge >= 0.3 is 5.97 Å². The van der Waals surface area contributed by atoms with Crippen LogP contribution in [0.25, 0.3) is 22.2 Å². The van der Waals surface area contributed by atoms with E-state index in [-0.39, 0.29) is 6.42 Å². The van der Waals surface area contributed by atoms with Gasteiger partial charge in [0.15, 0.2) is 0 Å². The molecule has 0 radical (unpaired) electrons. The van der Waals surface area contributed by atoms with Gasteiger partial charge in [-0.3, -0.25) is 4.79 Å². The molecule has 1 N–H and O–H groups in total. The van der Waals surface area contributed by atoms with E-state index in [0.29, 0.717) is 6.42 Å². The quantitative estimate of drug-likeness (QED) is 0.776. The van der Waals surface area contributed by atoms with Crippen LogP contribution >= 0.6 is 0 Å². The maximum atomic E-state index is 10.9. The third-order valence-electron chi connectivity index (χ3n) is 3.78. The van der Waals surface area contributed by atoms with Crippen LogP contribution in [0.3, 0.4) is 0 Å². The fourth-order valence-corrected chi connectivity index (χ4v) is 2.63. The molecule has 0 bridgehead atoms. The molecular weight excluding hydrogens is 290 g/mol. The van der Waals surface area contributed by atoms with Gasteiger partial charge < -0.3 is 9.84 Å². The molecule has 1 heterocycles. The van der Waals surface area contributed by atoms with E-state index in [0.717, 1.165) is 33.5 Å². The van der Waals surface area contributed by atoms with Crippen molar-refractivity contribution in [1.82, 2.24) is 4.98 Å². The fourth-order valence-electron chi connectivity index (χ4n) is 2.63. The summed E-state index contributed by atoms with van der Waals surface area (Å²) in [5, 5.41) is 9.97. The number of aryl methyl sites for hydroxylation is 1. The zero-order valence-corrected chi connectivity index (χ0v) is 12.8. The minimum absolute atomic E-state index is 0.103. The first-order valence-corrected chi connectivity index (χ1v) is 7.42. The van der Waals surface area contributed by atoms with Crippen molar-refractivity contribution in [2.75, 3.05) is 7.11 Å². The average molecular weight is 307 g/mol. The Morgan fingerprint density at radius 1 is 1.13 bits per heavy atom. The SMILES string of the molecule is COc1cccc(-c2cc(CCC(=O)O)c3ccccc3n2)c1. The largest absolute Gasteiger partial charge is 0.497 e. The number of rotatable bonds is 5. The highest BCUT2D eigenvalue weighted by Crippen LogP contribution is 2.27. The number of pyridine rings is 1. The molecule has 3 rings (SSSR count). The third-order valence-corrected chi connectivity index (χ3v) is 3.78. The van der Waals surface area contributed by atoms with Gasteiger partial charge in [0.1, 0.15) is 5.75 Å². The number of hydrogen-bond acceptors (Lipinski definition) is 3. The first-order chi connectivity index (χ1) is 11.2. The van der Waals surface area contributed by atoms with Crippen molar-refractivity contribution < 1.29 is 14.6 Å². The summed E-state index contributed by atoms with van der Waals surface area (Å²) < 4.78 is 5.27. The standard InChI is InChI=1S/C19H17NO3/c1-23-15-6-4-5-14(11-15)18-12-13(9-10-19(21)22)16-7-2-3-8-17(16)20-18/h2-8,11-12H,9-10H2,1H3,(H,21,22). The Morgan fingerprint density at radius 3 is 2.74 bits per heavy atom. The molecule has 23 heavy (non-hydrogen) atoms. The van der Waals surface area contributed by atoms with Crippen LogP contribution in [0.1, 0.15) is 12.0 Å². The van der Waals surface area contributed by atoms with Crippen LogP contribution in [0.2, 0.25) is 0 Å². The summed E-state index contributed by atoms with van der Waals surface area (Å²) in [4.78, 5) is 15.6. The van der Waals surface area contributed by atoms with E-state index in [9.17, 15) is 4.79 Å². The normalized spacial score (nSPS) is 10.7. The number of aromatic nitrogens is 1. The van der Waals surface area contributed by atoms with E-state index in [2.05, 4.69) is 0 Å². The molecule has 4 heteroatoms. The van der Waals surface area contributed by atoms with Gasteiger partial charge in [-0.05, 0) is 36.2 Å². The number of carboxylic acid groups (broad SMARTS) is 1. The molecule has 1 aromatic heterocycles. The first-order valence-electron chi connectivity index (χ1n) is 7.42. The molecule has 3 aromatic rings. The van der Waals surface area contributed by atoms with Crippen LogP contribution in [0.4, 0.5) is 0 Å². The lowest BCUT2D eigenvalue weighted by Gasteiger charge is -2.10. The molecule has 2 aromatic carbocycles. The first kappa shape index (κ1) is 15.0. The molecule has 0 unspecified atom stereocenters. The van der Waals surface area contributed by atoms with Gasteiger partial charge in [-0.25, -0.2) is 4.98 Å². The molecule has 0 atom stereocenters. The highest BCUT2D eigenvalue weighted by molar-refractivity contribution is 5.85. The number of benzene rings is 2. The summed E-state index contributed by atoms with van der Waals surface area (Å²) in [6.45, 7) is 0. The predicted octanol–water partition coefficient (Wildman–Crippen LogP) is 3.93. The number of nitrogens with zero attached hydrogens (tertiary/aromatic N) is 1. The highest BCUT2D eigenvalue weighted by atomic mass is 16.5. The summed E-state index contributed by atoms with van der Waals surface area (Å²) in [5.41, 5.74) is 3.64. The topological polar surface area (TPSA) is 59.4 Å². The minimum Gasteiger partial charge on any atom is -0.497 e. The Balaban J connectivity index is 2.11. The maximum absolute atomic E-state index is 10.9. The van der Waals surface area contributed by atoms with Crippen molar-refractivity contribution >= 4 is 16.9 Å². The Labute approximate surface area is 134 Å². The molecule has 0 saturated heterocycles. The molecule has 116 valence electrons. The molecule has 0 amide bonds. The zero-order valence-electron chi connectivity index (χ0n) is 12.8. The van der Waals surface area contributed by atoms with Crippen molar-refractivity contribution in [1.29, 1.82) is 0 Å². The van der Waals surface area contributed by atoms with Gasteiger partial charge in [0, 0.05) is 17.4 Å². The number of fused-ring (bicyclic) bond motifs is 1. The molecule has 0 saturated carbocycles. The van der Waals surface area contributed by atoms with Crippen LogP contribution in [-0.4, -0.2) is 23.2 Å². The van der Waals surface area contributed by atoms with Crippen molar-refractivity contribution in [2.45, 2.75) is 12.8 Å². The van der Waals surface area contributed by atoms with Gasteiger partial charge in [-0.1, -0.05) is 30.3 Å². The summed E-state index contributed by atoms with van der Waals surface area (Å²) in [7, 11) is 1.63. The Hall–Kier alpha value is -2.88. The lowest BCUT2D eigenvalue weighted by atomic mass is 10.0. The van der Waals surface area contributed by atoms with E-state index in [1.807, 2.05) is 54.6 Å². The van der Waals surface area contributed by atoms with Crippen LogP contribution < -0.4 is 4.74 Å². The minimum atomic E-state index is -0.797. The summed E-state index contributed by atoms with van der Waals surface area (Å²) in [6, 6.07) is 17.5. The molecule has 0 aliphatic heterocycles. The van der Waals surface area contributed by atoms with Gasteiger partial charge in [0.25, 0.3) is 0 Å². The van der Waals surface area contributed by atoms with E-state index in [1.165, 1.54) is 0 Å². The third kappa shape index (κ3) is 3.31. The maximum Gasteiger partial charge on any atom is 0.303 e. The van der Waals surface area contributed by atoms with Crippen LogP contribution in [-0.2, 0) is 11.2 Å². The van der Waals surface area contributed by atoms with E-state index in [1.54, 1.807) is 7.11 Å². The molecule has 0 spiro atoms. The van der Waals surface area contributed by atoms with E-state index < -0.39 is 5.97 Å². The highest BCUT2D eigenvalue weighted by Gasteiger charge is 2.09. The number of aliphatic carboxylic acids is 1. The number of methoxy groups -OCH3 is 1. The van der Waals surface area contributed by atoms with Crippen molar-refractivity contribution in [2.24, 2.45) is 0 Å². The van der Waals surface area contributed by atoms with Crippen molar-refractivity contribution in [3.8, 4) is 17.0 Å². The molecule has 0 aliphatic carbocycles. The Morgan fingerprint density at radius 2 is 1.96 bits per heavy atom. The Kier molecular flexibility index (Phi) is 4.24. The molecule has 4 nitrogen and oxygen atoms in total. The monoisotopic (exact) mass is 307 g/mol. The fraction of sp³-hybridized carbons (Fsp3) is 0.158. The van der Waals surface area contributed by atoms with Gasteiger partial charge in [-0.15, -0.1) is 0 Å². The average Bonchev–Trinajstić information content (AvgIpc) is 2.59. The van der Waals surface area contributed by atoms with Gasteiger partial charge in [0.2, 0.25) is 0 Å². The molecule has 0 fully saturated rings. The van der Waals surface area contributed by atoms with E-state index >= 15 is 0 Å².